The third kappa shape index (κ3) is 3.20. The first-order valence-electron chi connectivity index (χ1n) is 5.72. The van der Waals surface area contributed by atoms with Gasteiger partial charge in [0.2, 0.25) is 0 Å². The Morgan fingerprint density at radius 2 is 1.94 bits per heavy atom. The van der Waals surface area contributed by atoms with E-state index in [0.717, 1.165) is 12.8 Å². The normalized spacial score (nSPS) is 12.9. The third-order valence-electron chi connectivity index (χ3n) is 2.64. The quantitative estimate of drug-likeness (QED) is 0.833. The van der Waals surface area contributed by atoms with Crippen LogP contribution in [0.2, 0.25) is 0 Å². The molecule has 2 nitrogen and oxygen atoms in total. The second-order valence-corrected chi connectivity index (χ2v) is 3.92. The van der Waals surface area contributed by atoms with Crippen molar-refractivity contribution < 1.29 is 14.2 Å². The Balaban J connectivity index is 2.80. The van der Waals surface area contributed by atoms with Crippen LogP contribution in [0.4, 0.5) is 4.39 Å². The number of benzene rings is 1. The molecule has 0 fully saturated rings. The van der Waals surface area contributed by atoms with Gasteiger partial charge in [-0.1, -0.05) is 13.8 Å². The van der Waals surface area contributed by atoms with Crippen molar-refractivity contribution in [2.45, 2.75) is 45.8 Å². The van der Waals surface area contributed by atoms with Crippen LogP contribution in [0, 0.1) is 5.82 Å². The molecule has 1 aromatic carbocycles. The molecule has 0 bridgehead atoms. The van der Waals surface area contributed by atoms with E-state index in [1.165, 1.54) is 6.07 Å². The van der Waals surface area contributed by atoms with Gasteiger partial charge < -0.3 is 9.84 Å². The van der Waals surface area contributed by atoms with Crippen molar-refractivity contribution in [1.82, 2.24) is 0 Å². The van der Waals surface area contributed by atoms with Crippen molar-refractivity contribution in [3.05, 3.63) is 29.6 Å². The first-order valence-corrected chi connectivity index (χ1v) is 5.72. The van der Waals surface area contributed by atoms with Gasteiger partial charge >= 0.3 is 0 Å². The molecule has 0 aliphatic rings. The number of halogens is 1. The molecule has 0 radical (unpaired) electrons. The molecule has 90 valence electrons. The van der Waals surface area contributed by atoms with Crippen molar-refractivity contribution in [3.63, 3.8) is 0 Å². The Hall–Kier alpha value is -1.09. The van der Waals surface area contributed by atoms with Gasteiger partial charge in [0.05, 0.1) is 12.2 Å². The smallest absolute Gasteiger partial charge is 0.132 e. The predicted molar refractivity (Wildman–Crippen MR) is 62.0 cm³/mol. The molecular weight excluding hydrogens is 207 g/mol. The van der Waals surface area contributed by atoms with Gasteiger partial charge in [0.1, 0.15) is 11.6 Å². The molecule has 0 aromatic heterocycles. The van der Waals surface area contributed by atoms with Crippen LogP contribution in [0.25, 0.3) is 0 Å². The SMILES string of the molecule is CCC(CC)Oc1ccc(C(C)O)c(F)c1. The molecule has 1 N–H and O–H groups in total. The summed E-state index contributed by atoms with van der Waals surface area (Å²) >= 11 is 0. The highest BCUT2D eigenvalue weighted by Gasteiger charge is 2.11. The fraction of sp³-hybridized carbons (Fsp3) is 0.538. The van der Waals surface area contributed by atoms with E-state index in [2.05, 4.69) is 0 Å². The van der Waals surface area contributed by atoms with Crippen molar-refractivity contribution in [2.75, 3.05) is 0 Å². The fourth-order valence-corrected chi connectivity index (χ4v) is 1.57. The topological polar surface area (TPSA) is 29.5 Å². The highest BCUT2D eigenvalue weighted by atomic mass is 19.1. The molecular formula is C13H19FO2. The van der Waals surface area contributed by atoms with E-state index in [9.17, 15) is 9.50 Å². The van der Waals surface area contributed by atoms with Gasteiger partial charge in [0.25, 0.3) is 0 Å². The lowest BCUT2D eigenvalue weighted by Gasteiger charge is -2.16. The van der Waals surface area contributed by atoms with E-state index in [4.69, 9.17) is 4.74 Å². The summed E-state index contributed by atoms with van der Waals surface area (Å²) in [6, 6.07) is 4.60. The van der Waals surface area contributed by atoms with E-state index in [0.29, 0.717) is 11.3 Å². The Morgan fingerprint density at radius 1 is 1.31 bits per heavy atom. The van der Waals surface area contributed by atoms with Crippen molar-refractivity contribution in [3.8, 4) is 5.75 Å². The maximum atomic E-state index is 13.5. The minimum atomic E-state index is -0.790. The van der Waals surface area contributed by atoms with Crippen LogP contribution in [-0.2, 0) is 0 Å². The molecule has 0 saturated carbocycles. The number of ether oxygens (including phenoxy) is 1. The van der Waals surface area contributed by atoms with Crippen LogP contribution in [-0.4, -0.2) is 11.2 Å². The summed E-state index contributed by atoms with van der Waals surface area (Å²) in [5.41, 5.74) is 0.303. The zero-order valence-corrected chi connectivity index (χ0v) is 10.0. The van der Waals surface area contributed by atoms with Gasteiger partial charge in [-0.25, -0.2) is 4.39 Å². The summed E-state index contributed by atoms with van der Waals surface area (Å²) in [6.45, 7) is 5.61. The lowest BCUT2D eigenvalue weighted by molar-refractivity contribution is 0.187. The molecule has 1 aromatic rings. The predicted octanol–water partition coefficient (Wildman–Crippen LogP) is 3.45. The highest BCUT2D eigenvalue weighted by Crippen LogP contribution is 2.23. The summed E-state index contributed by atoms with van der Waals surface area (Å²) in [7, 11) is 0. The van der Waals surface area contributed by atoms with E-state index >= 15 is 0 Å². The molecule has 0 aliphatic carbocycles. The molecule has 0 amide bonds. The average molecular weight is 226 g/mol. The van der Waals surface area contributed by atoms with Crippen molar-refractivity contribution in [2.24, 2.45) is 0 Å². The van der Waals surface area contributed by atoms with E-state index < -0.39 is 11.9 Å². The number of aliphatic hydroxyl groups excluding tert-OH is 1. The number of aliphatic hydroxyl groups is 1. The molecule has 0 saturated heterocycles. The van der Waals surface area contributed by atoms with Gasteiger partial charge in [0, 0.05) is 11.6 Å². The van der Waals surface area contributed by atoms with Gasteiger partial charge in [-0.05, 0) is 31.9 Å². The minimum absolute atomic E-state index is 0.122. The zero-order chi connectivity index (χ0) is 12.1. The second-order valence-electron chi connectivity index (χ2n) is 3.92. The fourth-order valence-electron chi connectivity index (χ4n) is 1.57. The molecule has 1 unspecified atom stereocenters. The van der Waals surface area contributed by atoms with Gasteiger partial charge in [-0.2, -0.15) is 0 Å². The zero-order valence-electron chi connectivity index (χ0n) is 10.0. The Labute approximate surface area is 96.1 Å². The number of hydrogen-bond donors (Lipinski definition) is 1. The number of rotatable bonds is 5. The third-order valence-corrected chi connectivity index (χ3v) is 2.64. The second kappa shape index (κ2) is 5.85. The average Bonchev–Trinajstić information content (AvgIpc) is 2.25. The maximum Gasteiger partial charge on any atom is 0.132 e. The largest absolute Gasteiger partial charge is 0.490 e. The monoisotopic (exact) mass is 226 g/mol. The molecule has 1 atom stereocenters. The standard InChI is InChI=1S/C13H19FO2/c1-4-10(5-2)16-11-6-7-12(9(3)15)13(14)8-11/h6-10,15H,4-5H2,1-3H3. The van der Waals surface area contributed by atoms with Crippen LogP contribution in [0.5, 0.6) is 5.75 Å². The summed E-state index contributed by atoms with van der Waals surface area (Å²) in [4.78, 5) is 0. The van der Waals surface area contributed by atoms with Crippen LogP contribution in [0.3, 0.4) is 0 Å². The van der Waals surface area contributed by atoms with Gasteiger partial charge in [-0.15, -0.1) is 0 Å². The first-order chi connectivity index (χ1) is 7.58. The minimum Gasteiger partial charge on any atom is -0.490 e. The Morgan fingerprint density at radius 3 is 2.38 bits per heavy atom. The van der Waals surface area contributed by atoms with Crippen molar-refractivity contribution >= 4 is 0 Å². The summed E-state index contributed by atoms with van der Waals surface area (Å²) in [5, 5.41) is 9.29. The van der Waals surface area contributed by atoms with Crippen molar-refractivity contribution in [1.29, 1.82) is 0 Å². The summed E-state index contributed by atoms with van der Waals surface area (Å²) in [6.07, 6.45) is 1.13. The van der Waals surface area contributed by atoms with Gasteiger partial charge in [-0.3, -0.25) is 0 Å². The van der Waals surface area contributed by atoms with Crippen LogP contribution in [0.15, 0.2) is 18.2 Å². The Kier molecular flexibility index (Phi) is 4.74. The molecule has 0 spiro atoms. The molecule has 0 aliphatic heterocycles. The van der Waals surface area contributed by atoms with Crippen LogP contribution in [0.1, 0.15) is 45.3 Å². The summed E-state index contributed by atoms with van der Waals surface area (Å²) < 4.78 is 19.1. The van der Waals surface area contributed by atoms with E-state index in [1.54, 1.807) is 19.1 Å². The summed E-state index contributed by atoms with van der Waals surface area (Å²) in [5.74, 6) is 0.106. The van der Waals surface area contributed by atoms with Crippen LogP contribution >= 0.6 is 0 Å². The highest BCUT2D eigenvalue weighted by molar-refractivity contribution is 5.30. The number of hydrogen-bond acceptors (Lipinski definition) is 2. The molecule has 1 rings (SSSR count). The first kappa shape index (κ1) is 13.0. The maximum absolute atomic E-state index is 13.5. The lowest BCUT2D eigenvalue weighted by atomic mass is 10.1. The Bertz CT molecular complexity index is 333. The van der Waals surface area contributed by atoms with E-state index in [-0.39, 0.29) is 6.10 Å². The van der Waals surface area contributed by atoms with E-state index in [1.807, 2.05) is 13.8 Å². The lowest BCUT2D eigenvalue weighted by Crippen LogP contribution is -2.13. The molecule has 0 heterocycles. The van der Waals surface area contributed by atoms with Gasteiger partial charge in [0.15, 0.2) is 0 Å². The molecule has 16 heavy (non-hydrogen) atoms. The molecule has 3 heteroatoms. The van der Waals surface area contributed by atoms with Crippen LogP contribution < -0.4 is 4.74 Å².